The van der Waals surface area contributed by atoms with Crippen LogP contribution < -0.4 is 10.3 Å². The Kier molecular flexibility index (Phi) is 4.60. The number of thioether (sulfide) groups is 1. The average Bonchev–Trinajstić information content (AvgIpc) is 3.25. The average molecular weight is 384 g/mol. The summed E-state index contributed by atoms with van der Waals surface area (Å²) in [6.07, 6.45) is 4.57. The van der Waals surface area contributed by atoms with Crippen LogP contribution in [0.3, 0.4) is 0 Å². The van der Waals surface area contributed by atoms with Gasteiger partial charge in [-0.2, -0.15) is 5.10 Å². The number of pyridine rings is 1. The van der Waals surface area contributed by atoms with E-state index in [0.29, 0.717) is 0 Å². The smallest absolute Gasteiger partial charge is 0.134 e. The highest BCUT2D eigenvalue weighted by Gasteiger charge is 2.35. The third-order valence-corrected chi connectivity index (χ3v) is 6.26. The largest absolute Gasteiger partial charge is 0.377 e. The van der Waals surface area contributed by atoms with Crippen molar-refractivity contribution in [1.82, 2.24) is 9.97 Å². The minimum absolute atomic E-state index is 0.113. The number of rotatable bonds is 5. The van der Waals surface area contributed by atoms with Gasteiger partial charge in [0.2, 0.25) is 0 Å². The van der Waals surface area contributed by atoms with Crippen LogP contribution in [-0.4, -0.2) is 41.8 Å². The highest BCUT2D eigenvalue weighted by molar-refractivity contribution is 8.00. The molecule has 8 heteroatoms. The molecule has 0 saturated heterocycles. The van der Waals surface area contributed by atoms with Gasteiger partial charge in [-0.15, -0.1) is 11.3 Å². The highest BCUT2D eigenvalue weighted by Crippen LogP contribution is 2.46. The Morgan fingerprint density at radius 1 is 1.27 bits per heavy atom. The molecule has 1 aromatic carbocycles. The number of carbonyl (C=O) groups is 1. The summed E-state index contributed by atoms with van der Waals surface area (Å²) in [6.45, 7) is 0. The van der Waals surface area contributed by atoms with Crippen molar-refractivity contribution in [2.45, 2.75) is 16.2 Å². The number of aldehydes is 1. The fourth-order valence-corrected chi connectivity index (χ4v) is 4.87. The van der Waals surface area contributed by atoms with Crippen molar-refractivity contribution in [2.24, 2.45) is 5.10 Å². The first kappa shape index (κ1) is 17.0. The van der Waals surface area contributed by atoms with Crippen LogP contribution in [0.1, 0.15) is 11.5 Å². The normalized spacial score (nSPS) is 19.0. The summed E-state index contributed by atoms with van der Waals surface area (Å²) in [4.78, 5) is 22.3. The summed E-state index contributed by atoms with van der Waals surface area (Å²) in [5, 5.41) is 5.09. The zero-order valence-corrected chi connectivity index (χ0v) is 15.9. The summed E-state index contributed by atoms with van der Waals surface area (Å²) in [5.41, 5.74) is 8.89. The number of hydrogen-bond acceptors (Lipinski definition) is 8. The summed E-state index contributed by atoms with van der Waals surface area (Å²) >= 11 is 3.09. The number of aromatic nitrogens is 2. The quantitative estimate of drug-likeness (QED) is 0.412. The van der Waals surface area contributed by atoms with Gasteiger partial charge in [-0.3, -0.25) is 5.43 Å². The van der Waals surface area contributed by atoms with Gasteiger partial charge >= 0.3 is 0 Å². The third-order valence-electron chi connectivity index (χ3n) is 4.24. The number of hydrazone groups is 1. The molecule has 2 unspecified atom stereocenters. The Morgan fingerprint density at radius 3 is 2.96 bits per heavy atom. The molecule has 0 radical (unpaired) electrons. The molecule has 1 N–H and O–H groups in total. The van der Waals surface area contributed by atoms with Gasteiger partial charge in [0.15, 0.2) is 0 Å². The van der Waals surface area contributed by atoms with Crippen molar-refractivity contribution in [3.8, 4) is 0 Å². The van der Waals surface area contributed by atoms with Crippen molar-refractivity contribution < 1.29 is 4.79 Å². The lowest BCUT2D eigenvalue weighted by atomic mass is 9.97. The molecule has 0 spiro atoms. The van der Waals surface area contributed by atoms with Gasteiger partial charge in [-0.05, 0) is 24.3 Å². The maximum atomic E-state index is 11.6. The van der Waals surface area contributed by atoms with Crippen LogP contribution in [0.4, 0.5) is 11.4 Å². The third kappa shape index (κ3) is 3.06. The van der Waals surface area contributed by atoms with Crippen molar-refractivity contribution in [3.63, 3.8) is 0 Å². The van der Waals surface area contributed by atoms with Crippen molar-refractivity contribution >= 4 is 57.2 Å². The molecule has 1 aliphatic rings. The molecule has 3 aromatic rings. The summed E-state index contributed by atoms with van der Waals surface area (Å²) in [7, 11) is 3.98. The van der Waals surface area contributed by atoms with Crippen molar-refractivity contribution in [1.29, 1.82) is 0 Å². The fourth-order valence-electron chi connectivity index (χ4n) is 3.00. The lowest BCUT2D eigenvalue weighted by Gasteiger charge is -2.19. The first-order chi connectivity index (χ1) is 12.7. The number of anilines is 2. The van der Waals surface area contributed by atoms with E-state index < -0.39 is 0 Å². The highest BCUT2D eigenvalue weighted by atomic mass is 32.2. The summed E-state index contributed by atoms with van der Waals surface area (Å²) in [6, 6.07) is 7.90. The predicted octanol–water partition coefficient (Wildman–Crippen LogP) is 3.61. The molecule has 2 aromatic heterocycles. The van der Waals surface area contributed by atoms with E-state index in [0.717, 1.165) is 38.5 Å². The maximum absolute atomic E-state index is 11.6. The molecule has 0 fully saturated rings. The molecule has 0 amide bonds. The minimum Gasteiger partial charge on any atom is -0.377 e. The molecule has 3 heterocycles. The van der Waals surface area contributed by atoms with Crippen LogP contribution in [0.15, 0.2) is 46.1 Å². The molecular formula is C18H17N5OS2. The second-order valence-electron chi connectivity index (χ2n) is 6.11. The molecule has 2 atom stereocenters. The SMILES string of the molecule is CN(C)c1ccnc2c1C(/C=N\Nc1ccc3ncsc3c1)C(C=O)S2. The predicted molar refractivity (Wildman–Crippen MR) is 109 cm³/mol. The number of nitrogens with zero attached hydrogens (tertiary/aromatic N) is 4. The number of hydrogen-bond donors (Lipinski definition) is 1. The number of fused-ring (bicyclic) bond motifs is 2. The Bertz CT molecular complexity index is 985. The van der Waals surface area contributed by atoms with E-state index in [2.05, 4.69) is 20.5 Å². The van der Waals surface area contributed by atoms with E-state index in [1.807, 2.05) is 55.0 Å². The van der Waals surface area contributed by atoms with Crippen LogP contribution >= 0.6 is 23.1 Å². The Hall–Kier alpha value is -2.45. The molecule has 6 nitrogen and oxygen atoms in total. The van der Waals surface area contributed by atoms with E-state index in [1.54, 1.807) is 17.5 Å². The van der Waals surface area contributed by atoms with Gasteiger partial charge in [0.05, 0.1) is 26.7 Å². The monoisotopic (exact) mass is 383 g/mol. The van der Waals surface area contributed by atoms with Gasteiger partial charge in [0, 0.05) is 43.7 Å². The zero-order valence-electron chi connectivity index (χ0n) is 14.3. The first-order valence-corrected chi connectivity index (χ1v) is 9.84. The Morgan fingerprint density at radius 2 is 2.15 bits per heavy atom. The molecule has 132 valence electrons. The van der Waals surface area contributed by atoms with E-state index in [1.165, 1.54) is 11.8 Å². The number of thiazole rings is 1. The molecule has 1 aliphatic heterocycles. The van der Waals surface area contributed by atoms with Gasteiger partial charge in [0.25, 0.3) is 0 Å². The molecule has 4 rings (SSSR count). The van der Waals surface area contributed by atoms with E-state index in [9.17, 15) is 4.79 Å². The van der Waals surface area contributed by atoms with Crippen molar-refractivity contribution in [2.75, 3.05) is 24.4 Å². The minimum atomic E-state index is -0.215. The molecule has 0 bridgehead atoms. The molecule has 0 aliphatic carbocycles. The van der Waals surface area contributed by atoms with Crippen LogP contribution in [0.25, 0.3) is 10.2 Å². The molecule has 0 saturated carbocycles. The second kappa shape index (κ2) is 7.05. The lowest BCUT2D eigenvalue weighted by Crippen LogP contribution is -2.18. The van der Waals surface area contributed by atoms with Gasteiger partial charge < -0.3 is 9.69 Å². The Labute approximate surface area is 159 Å². The second-order valence-corrected chi connectivity index (χ2v) is 8.17. The summed E-state index contributed by atoms with van der Waals surface area (Å²) in [5.74, 6) is -0.113. The van der Waals surface area contributed by atoms with Gasteiger partial charge in [-0.25, -0.2) is 9.97 Å². The van der Waals surface area contributed by atoms with E-state index >= 15 is 0 Å². The van der Waals surface area contributed by atoms with Gasteiger partial charge in [-0.1, -0.05) is 11.8 Å². The standard InChI is InChI=1S/C18H17N5OS2/c1-23(2)14-5-6-19-18-17(14)12(16(9-24)26-18)8-21-22-11-3-4-13-15(7-11)25-10-20-13/h3-10,12,16,22H,1-2H3/b21-8-. The molecule has 26 heavy (non-hydrogen) atoms. The van der Waals surface area contributed by atoms with Crippen LogP contribution in [0.2, 0.25) is 0 Å². The zero-order chi connectivity index (χ0) is 18.1. The maximum Gasteiger partial charge on any atom is 0.134 e. The van der Waals surface area contributed by atoms with Crippen molar-refractivity contribution in [3.05, 3.63) is 41.5 Å². The van der Waals surface area contributed by atoms with Gasteiger partial charge in [0.1, 0.15) is 11.3 Å². The number of nitrogens with one attached hydrogen (secondary N) is 1. The van der Waals surface area contributed by atoms with E-state index in [-0.39, 0.29) is 11.2 Å². The Balaban J connectivity index is 1.60. The topological polar surface area (TPSA) is 70.5 Å². The van der Waals surface area contributed by atoms with Crippen LogP contribution in [0, 0.1) is 0 Å². The molecular weight excluding hydrogens is 366 g/mol. The van der Waals surface area contributed by atoms with E-state index in [4.69, 9.17) is 0 Å². The fraction of sp³-hybridized carbons (Fsp3) is 0.222. The lowest BCUT2D eigenvalue weighted by molar-refractivity contribution is -0.107. The summed E-state index contributed by atoms with van der Waals surface area (Å²) < 4.78 is 1.11. The number of carbonyl (C=O) groups excluding carboxylic acids is 1. The van der Waals surface area contributed by atoms with Crippen LogP contribution in [-0.2, 0) is 4.79 Å². The first-order valence-electron chi connectivity index (χ1n) is 8.08. The number of benzene rings is 1. The van der Waals surface area contributed by atoms with Crippen LogP contribution in [0.5, 0.6) is 0 Å².